The predicted molar refractivity (Wildman–Crippen MR) is 57.1 cm³/mol. The Balaban J connectivity index is -0.000000320. The molecule has 0 unspecified atom stereocenters. The molecule has 0 aromatic rings. The topological polar surface area (TPSA) is 0 Å². The molecule has 0 rings (SSSR count). The van der Waals surface area contributed by atoms with Crippen LogP contribution in [0.1, 0.15) is 29.1 Å². The molecule has 10 heavy (non-hydrogen) atoms. The van der Waals surface area contributed by atoms with Gasteiger partial charge in [0, 0.05) is 1.43 Å². The minimum Gasteiger partial charge on any atom is -0.102 e. The fourth-order valence-electron chi connectivity index (χ4n) is 0.763. The van der Waals surface area contributed by atoms with Gasteiger partial charge in [-0.25, -0.2) is 0 Å². The van der Waals surface area contributed by atoms with Crippen LogP contribution in [0.3, 0.4) is 0 Å². The zero-order valence-corrected chi connectivity index (χ0v) is 8.30. The minimum atomic E-state index is 0. The van der Waals surface area contributed by atoms with Crippen molar-refractivity contribution in [3.05, 3.63) is 0 Å². The van der Waals surface area contributed by atoms with Crippen LogP contribution in [0.4, 0.5) is 0 Å². The van der Waals surface area contributed by atoms with E-state index in [1.54, 1.807) is 0 Å². The van der Waals surface area contributed by atoms with Gasteiger partial charge in [-0.05, 0) is 0 Å². The summed E-state index contributed by atoms with van der Waals surface area (Å²) in [5.74, 6) is 1.86. The molecule has 0 aliphatic heterocycles. The molecule has 0 heterocycles. The fraction of sp³-hybridized carbons (Fsp3) is 1.00. The summed E-state index contributed by atoms with van der Waals surface area (Å²) in [5, 5.41) is 2.97. The lowest BCUT2D eigenvalue weighted by Gasteiger charge is -2.03. The van der Waals surface area contributed by atoms with Gasteiger partial charge in [-0.2, -0.15) is 0 Å². The third-order valence-corrected chi connectivity index (χ3v) is 3.83. The highest BCUT2D eigenvalue weighted by Crippen LogP contribution is 2.05. The summed E-state index contributed by atoms with van der Waals surface area (Å²) in [4.78, 5) is 0. The van der Waals surface area contributed by atoms with Crippen LogP contribution in [0.2, 0.25) is 10.6 Å². The first-order chi connectivity index (χ1) is 4.13. The summed E-state index contributed by atoms with van der Waals surface area (Å²) < 4.78 is 0. The van der Waals surface area contributed by atoms with Gasteiger partial charge in [0.1, 0.15) is 0 Å². The first-order valence-electron chi connectivity index (χ1n) is 3.94. The van der Waals surface area contributed by atoms with Crippen LogP contribution in [0.5, 0.6) is 0 Å². The molecule has 0 fully saturated rings. The molecule has 0 atom stereocenters. The van der Waals surface area contributed by atoms with E-state index in [0.29, 0.717) is 0 Å². The zero-order chi connectivity index (χ0) is 7.28. The summed E-state index contributed by atoms with van der Waals surface area (Å²) in [6.07, 6.45) is 0. The van der Waals surface area contributed by atoms with Crippen molar-refractivity contribution in [2.24, 2.45) is 11.8 Å². The third kappa shape index (κ3) is 11.8. The maximum atomic E-state index is 2.31. The molecule has 1 radical (unpaired) electrons. The van der Waals surface area contributed by atoms with Gasteiger partial charge in [0.25, 0.3) is 0 Å². The average molecular weight is 173 g/mol. The van der Waals surface area contributed by atoms with E-state index in [0.717, 1.165) is 27.1 Å². The molecule has 0 N–H and O–H groups in total. The smallest absolute Gasteiger partial charge is 0.102 e. The molecule has 0 aromatic carbocycles. The van der Waals surface area contributed by atoms with E-state index < -0.39 is 0 Å². The van der Waals surface area contributed by atoms with Crippen LogP contribution in [-0.4, -0.2) is 32.6 Å². The first-order valence-corrected chi connectivity index (χ1v) is 5.58. The largest absolute Gasteiger partial charge is 0.200 e. The number of hydrogen-bond acceptors (Lipinski definition) is 0. The Hall–Kier alpha value is 1.06. The van der Waals surface area contributed by atoms with Gasteiger partial charge in [0.05, 0.1) is 0 Å². The lowest BCUT2D eigenvalue weighted by atomic mass is 10.3. The maximum Gasteiger partial charge on any atom is 0.200 e. The molecule has 61 valence electrons. The van der Waals surface area contributed by atoms with Crippen molar-refractivity contribution in [3.8, 4) is 0 Å². The van der Waals surface area contributed by atoms with Crippen molar-refractivity contribution in [2.45, 2.75) is 38.3 Å². The first kappa shape index (κ1) is 13.6. The zero-order valence-electron chi connectivity index (χ0n) is 7.15. The van der Waals surface area contributed by atoms with Crippen LogP contribution in [0, 0.1) is 11.8 Å². The fourth-order valence-corrected chi connectivity index (χ4v) is 2.29. The maximum absolute atomic E-state index is 2.31. The van der Waals surface area contributed by atoms with E-state index in [1.165, 1.54) is 10.6 Å². The molecule has 0 spiro atoms. The highest BCUT2D eigenvalue weighted by atomic mass is 27.1. The van der Waals surface area contributed by atoms with Crippen LogP contribution >= 0.6 is 0 Å². The summed E-state index contributed by atoms with van der Waals surface area (Å²) in [7, 11) is 0. The van der Waals surface area contributed by atoms with E-state index in [2.05, 4.69) is 27.7 Å². The Labute approximate surface area is 84.1 Å². The summed E-state index contributed by atoms with van der Waals surface area (Å²) >= 11 is 0.755. The van der Waals surface area contributed by atoms with Gasteiger partial charge in [0.2, 0.25) is 15.2 Å². The van der Waals surface area contributed by atoms with E-state index >= 15 is 0 Å². The van der Waals surface area contributed by atoms with Crippen molar-refractivity contribution in [3.63, 3.8) is 0 Å². The van der Waals surface area contributed by atoms with Crippen LogP contribution in [-0.2, 0) is 0 Å². The van der Waals surface area contributed by atoms with Gasteiger partial charge in [0.15, 0.2) is 17.4 Å². The molecular weight excluding hydrogens is 150 g/mol. The van der Waals surface area contributed by atoms with Crippen molar-refractivity contribution >= 4 is 32.6 Å². The lowest BCUT2D eigenvalue weighted by molar-refractivity contribution is 0.700. The molecule has 0 aliphatic rings. The summed E-state index contributed by atoms with van der Waals surface area (Å²) in [6, 6.07) is 0. The second-order valence-corrected chi connectivity index (χ2v) is 5.07. The quantitative estimate of drug-likeness (QED) is 0.570. The Morgan fingerprint density at radius 3 is 1.50 bits per heavy atom. The Morgan fingerprint density at radius 1 is 1.00 bits per heavy atom. The highest BCUT2D eigenvalue weighted by Gasteiger charge is 1.98. The molecule has 0 nitrogen and oxygen atoms in total. The van der Waals surface area contributed by atoms with E-state index in [-0.39, 0.29) is 18.8 Å². The third-order valence-electron chi connectivity index (χ3n) is 1.28. The van der Waals surface area contributed by atoms with Crippen molar-refractivity contribution in [1.29, 1.82) is 0 Å². The SMILES string of the molecule is CC(C)[CH2][Al][CH2]C(C)C.[AlH3].[HH]. The van der Waals surface area contributed by atoms with E-state index in [9.17, 15) is 0 Å². The van der Waals surface area contributed by atoms with Crippen molar-refractivity contribution < 1.29 is 1.43 Å². The van der Waals surface area contributed by atoms with Gasteiger partial charge in [-0.1, -0.05) is 39.5 Å². The molecule has 0 aliphatic carbocycles. The molecule has 0 amide bonds. The van der Waals surface area contributed by atoms with E-state index in [4.69, 9.17) is 0 Å². The number of hydrogen-bond donors (Lipinski definition) is 0. The van der Waals surface area contributed by atoms with Crippen LogP contribution in [0.15, 0.2) is 0 Å². The summed E-state index contributed by atoms with van der Waals surface area (Å²) in [6.45, 7) is 9.25. The minimum absolute atomic E-state index is 0. The second kappa shape index (κ2) is 8.16. The Morgan fingerprint density at radius 2 is 1.30 bits per heavy atom. The van der Waals surface area contributed by atoms with Crippen molar-refractivity contribution in [1.82, 2.24) is 0 Å². The van der Waals surface area contributed by atoms with Crippen LogP contribution < -0.4 is 0 Å². The molecule has 0 bridgehead atoms. The molecular formula is C8H23Al2. The van der Waals surface area contributed by atoms with Gasteiger partial charge in [-0.3, -0.25) is 0 Å². The molecule has 0 saturated heterocycles. The Kier molecular flexibility index (Phi) is 11.1. The van der Waals surface area contributed by atoms with Gasteiger partial charge >= 0.3 is 0 Å². The van der Waals surface area contributed by atoms with Crippen molar-refractivity contribution in [2.75, 3.05) is 0 Å². The second-order valence-electron chi connectivity index (χ2n) is 3.55. The molecule has 0 aromatic heterocycles. The lowest BCUT2D eigenvalue weighted by Crippen LogP contribution is -1.99. The van der Waals surface area contributed by atoms with Gasteiger partial charge in [-0.15, -0.1) is 10.6 Å². The monoisotopic (exact) mass is 173 g/mol. The molecule has 0 saturated carbocycles. The Bertz CT molecular complexity index is 57.1. The van der Waals surface area contributed by atoms with Gasteiger partial charge < -0.3 is 0 Å². The highest BCUT2D eigenvalue weighted by molar-refractivity contribution is 6.35. The summed E-state index contributed by atoms with van der Waals surface area (Å²) in [5.41, 5.74) is 0. The number of rotatable bonds is 4. The van der Waals surface area contributed by atoms with Crippen LogP contribution in [0.25, 0.3) is 0 Å². The predicted octanol–water partition coefficient (Wildman–Crippen LogP) is 1.90. The van der Waals surface area contributed by atoms with E-state index in [1.807, 2.05) is 0 Å². The average Bonchev–Trinajstić information content (AvgIpc) is 1.63. The molecule has 2 heteroatoms. The normalized spacial score (nSPS) is 9.80. The standard InChI is InChI=1S/2C4H9.2Al.H2.3H/c2*1-4(2)3;;;;;;/h2*4H,1H2,2-3H3;;;1H;;;.